The molecule has 1 N–H and O–H groups in total. The summed E-state index contributed by atoms with van der Waals surface area (Å²) >= 11 is 0. The molecule has 5 heteroatoms. The molecule has 0 spiro atoms. The highest BCUT2D eigenvalue weighted by Gasteiger charge is 2.19. The number of hydrogen-bond acceptors (Lipinski definition) is 3. The molecule has 0 heterocycles. The molecule has 0 aliphatic rings. The van der Waals surface area contributed by atoms with Gasteiger partial charge in [0, 0.05) is 19.5 Å². The molecular formula is C12H25N3O2. The fourth-order valence-electron chi connectivity index (χ4n) is 1.48. The lowest BCUT2D eigenvalue weighted by Crippen LogP contribution is -2.44. The SMILES string of the molecule is CCCC(=O)N(CCCN(C)C)C(=O)NCC. The molecule has 0 unspecified atom stereocenters. The highest BCUT2D eigenvalue weighted by molar-refractivity contribution is 5.94. The first kappa shape index (κ1) is 15.9. The van der Waals surface area contributed by atoms with Crippen LogP contribution in [0.4, 0.5) is 4.79 Å². The van der Waals surface area contributed by atoms with E-state index in [2.05, 4.69) is 5.32 Å². The molecule has 5 nitrogen and oxygen atoms in total. The van der Waals surface area contributed by atoms with Gasteiger partial charge in [0.1, 0.15) is 0 Å². The summed E-state index contributed by atoms with van der Waals surface area (Å²) < 4.78 is 0. The topological polar surface area (TPSA) is 52.7 Å². The largest absolute Gasteiger partial charge is 0.338 e. The van der Waals surface area contributed by atoms with Gasteiger partial charge in [0.05, 0.1) is 0 Å². The molecule has 0 aromatic rings. The Bertz CT molecular complexity index is 224. The van der Waals surface area contributed by atoms with Crippen molar-refractivity contribution in [1.29, 1.82) is 0 Å². The van der Waals surface area contributed by atoms with E-state index in [1.54, 1.807) is 0 Å². The van der Waals surface area contributed by atoms with Crippen molar-refractivity contribution >= 4 is 11.9 Å². The second kappa shape index (κ2) is 8.98. The van der Waals surface area contributed by atoms with Gasteiger partial charge in [-0.25, -0.2) is 4.79 Å². The molecule has 0 atom stereocenters. The van der Waals surface area contributed by atoms with Crippen LogP contribution in [0.1, 0.15) is 33.1 Å². The van der Waals surface area contributed by atoms with Crippen molar-refractivity contribution in [3.05, 3.63) is 0 Å². The van der Waals surface area contributed by atoms with E-state index in [1.807, 2.05) is 32.8 Å². The van der Waals surface area contributed by atoms with Gasteiger partial charge in [-0.1, -0.05) is 6.92 Å². The number of carbonyl (C=O) groups excluding carboxylic acids is 2. The van der Waals surface area contributed by atoms with E-state index in [9.17, 15) is 9.59 Å². The fourth-order valence-corrected chi connectivity index (χ4v) is 1.48. The Hall–Kier alpha value is -1.10. The molecule has 100 valence electrons. The van der Waals surface area contributed by atoms with Crippen LogP contribution < -0.4 is 5.32 Å². The van der Waals surface area contributed by atoms with Crippen molar-refractivity contribution in [2.75, 3.05) is 33.7 Å². The lowest BCUT2D eigenvalue weighted by Gasteiger charge is -2.21. The maximum atomic E-state index is 11.8. The number of hydrogen-bond donors (Lipinski definition) is 1. The predicted octanol–water partition coefficient (Wildman–Crippen LogP) is 1.30. The second-order valence-corrected chi connectivity index (χ2v) is 4.29. The third kappa shape index (κ3) is 6.94. The molecular weight excluding hydrogens is 218 g/mol. The normalized spacial score (nSPS) is 10.4. The number of carbonyl (C=O) groups is 2. The minimum Gasteiger partial charge on any atom is -0.338 e. The van der Waals surface area contributed by atoms with E-state index in [0.717, 1.165) is 19.4 Å². The summed E-state index contributed by atoms with van der Waals surface area (Å²) in [4.78, 5) is 26.9. The molecule has 0 aliphatic heterocycles. The summed E-state index contributed by atoms with van der Waals surface area (Å²) in [5, 5.41) is 2.68. The van der Waals surface area contributed by atoms with Crippen molar-refractivity contribution in [2.24, 2.45) is 0 Å². The summed E-state index contributed by atoms with van der Waals surface area (Å²) in [6.45, 7) is 5.69. The van der Waals surface area contributed by atoms with E-state index in [-0.39, 0.29) is 11.9 Å². The van der Waals surface area contributed by atoms with Gasteiger partial charge in [0.2, 0.25) is 5.91 Å². The van der Waals surface area contributed by atoms with E-state index >= 15 is 0 Å². The standard InChI is InChI=1S/C12H25N3O2/c1-5-8-11(16)15(12(17)13-6-2)10-7-9-14(3)4/h5-10H2,1-4H3,(H,13,17). The Balaban J connectivity index is 4.29. The third-order valence-electron chi connectivity index (χ3n) is 2.33. The van der Waals surface area contributed by atoms with Crippen molar-refractivity contribution in [3.8, 4) is 0 Å². The van der Waals surface area contributed by atoms with Crippen LogP contribution in [0.25, 0.3) is 0 Å². The molecule has 0 bridgehead atoms. The number of nitrogens with zero attached hydrogens (tertiary/aromatic N) is 2. The molecule has 0 fully saturated rings. The van der Waals surface area contributed by atoms with E-state index in [1.165, 1.54) is 4.90 Å². The van der Waals surface area contributed by atoms with Gasteiger partial charge in [0.25, 0.3) is 0 Å². The number of nitrogens with one attached hydrogen (secondary N) is 1. The van der Waals surface area contributed by atoms with E-state index in [4.69, 9.17) is 0 Å². The molecule has 0 saturated heterocycles. The first-order valence-electron chi connectivity index (χ1n) is 6.25. The molecule has 3 amide bonds. The number of rotatable bonds is 7. The number of amides is 3. The van der Waals surface area contributed by atoms with Crippen LogP contribution in [0, 0.1) is 0 Å². The number of urea groups is 1. The smallest absolute Gasteiger partial charge is 0.324 e. The zero-order chi connectivity index (χ0) is 13.3. The van der Waals surface area contributed by atoms with Gasteiger partial charge < -0.3 is 10.2 Å². The summed E-state index contributed by atoms with van der Waals surface area (Å²) in [6, 6.07) is -0.273. The predicted molar refractivity (Wildman–Crippen MR) is 68.9 cm³/mol. The summed E-state index contributed by atoms with van der Waals surface area (Å²) in [5.41, 5.74) is 0. The molecule has 0 radical (unpaired) electrons. The minimum atomic E-state index is -0.273. The van der Waals surface area contributed by atoms with Crippen molar-refractivity contribution in [2.45, 2.75) is 33.1 Å². The monoisotopic (exact) mass is 243 g/mol. The van der Waals surface area contributed by atoms with Crippen LogP contribution in [0.3, 0.4) is 0 Å². The van der Waals surface area contributed by atoms with Crippen LogP contribution >= 0.6 is 0 Å². The van der Waals surface area contributed by atoms with Crippen LogP contribution in [0.2, 0.25) is 0 Å². The molecule has 0 saturated carbocycles. The zero-order valence-corrected chi connectivity index (χ0v) is 11.5. The van der Waals surface area contributed by atoms with Crippen LogP contribution in [0.5, 0.6) is 0 Å². The number of imide groups is 1. The van der Waals surface area contributed by atoms with Crippen LogP contribution in [0.15, 0.2) is 0 Å². The van der Waals surface area contributed by atoms with Crippen molar-refractivity contribution in [1.82, 2.24) is 15.1 Å². The maximum Gasteiger partial charge on any atom is 0.324 e. The average molecular weight is 243 g/mol. The summed E-state index contributed by atoms with van der Waals surface area (Å²) in [6.07, 6.45) is 2.00. The van der Waals surface area contributed by atoms with Gasteiger partial charge >= 0.3 is 6.03 Å². The Morgan fingerprint density at radius 2 is 1.76 bits per heavy atom. The van der Waals surface area contributed by atoms with Gasteiger partial charge in [-0.3, -0.25) is 9.69 Å². The maximum absolute atomic E-state index is 11.8. The van der Waals surface area contributed by atoms with Crippen LogP contribution in [-0.4, -0.2) is 55.5 Å². The lowest BCUT2D eigenvalue weighted by atomic mass is 10.3. The Morgan fingerprint density at radius 3 is 2.24 bits per heavy atom. The van der Waals surface area contributed by atoms with Gasteiger partial charge in [-0.15, -0.1) is 0 Å². The Kier molecular flexibility index (Phi) is 8.40. The average Bonchev–Trinajstić information content (AvgIpc) is 2.24. The summed E-state index contributed by atoms with van der Waals surface area (Å²) in [5.74, 6) is -0.0859. The van der Waals surface area contributed by atoms with Crippen LogP contribution in [-0.2, 0) is 4.79 Å². The van der Waals surface area contributed by atoms with E-state index in [0.29, 0.717) is 19.5 Å². The van der Waals surface area contributed by atoms with Crippen molar-refractivity contribution < 1.29 is 9.59 Å². The quantitative estimate of drug-likeness (QED) is 0.733. The molecule has 0 aromatic carbocycles. The van der Waals surface area contributed by atoms with Gasteiger partial charge in [-0.2, -0.15) is 0 Å². The second-order valence-electron chi connectivity index (χ2n) is 4.29. The minimum absolute atomic E-state index is 0.0859. The highest BCUT2D eigenvalue weighted by atomic mass is 16.2. The lowest BCUT2D eigenvalue weighted by molar-refractivity contribution is -0.128. The zero-order valence-electron chi connectivity index (χ0n) is 11.5. The summed E-state index contributed by atoms with van der Waals surface area (Å²) in [7, 11) is 3.95. The molecule has 0 aromatic heterocycles. The highest BCUT2D eigenvalue weighted by Crippen LogP contribution is 2.00. The van der Waals surface area contributed by atoms with Gasteiger partial charge in [-0.05, 0) is 40.4 Å². The third-order valence-corrected chi connectivity index (χ3v) is 2.33. The molecule has 0 rings (SSSR count). The van der Waals surface area contributed by atoms with Crippen molar-refractivity contribution in [3.63, 3.8) is 0 Å². The molecule has 17 heavy (non-hydrogen) atoms. The Labute approximate surface area is 104 Å². The Morgan fingerprint density at radius 1 is 1.12 bits per heavy atom. The van der Waals surface area contributed by atoms with E-state index < -0.39 is 0 Å². The first-order chi connectivity index (χ1) is 8.02. The first-order valence-corrected chi connectivity index (χ1v) is 6.25. The fraction of sp³-hybridized carbons (Fsp3) is 0.833. The molecule has 0 aliphatic carbocycles. The van der Waals surface area contributed by atoms with Gasteiger partial charge in [0.15, 0.2) is 0 Å².